The van der Waals surface area contributed by atoms with Crippen LogP contribution >= 0.6 is 0 Å². The highest BCUT2D eigenvalue weighted by Crippen LogP contribution is 2.37. The molecule has 1 amide bonds. The lowest BCUT2D eigenvalue weighted by molar-refractivity contribution is -0.131. The summed E-state index contributed by atoms with van der Waals surface area (Å²) in [6.45, 7) is 4.85. The van der Waals surface area contributed by atoms with Crippen molar-refractivity contribution in [1.29, 1.82) is 0 Å². The molecule has 0 bridgehead atoms. The normalized spacial score (nSPS) is 15.8. The largest absolute Gasteiger partial charge is 0.347 e. The highest BCUT2D eigenvalue weighted by Gasteiger charge is 2.33. The molecule has 5 nitrogen and oxygen atoms in total. The molecule has 32 heavy (non-hydrogen) atoms. The van der Waals surface area contributed by atoms with Gasteiger partial charge in [0.05, 0.1) is 18.2 Å². The summed E-state index contributed by atoms with van der Waals surface area (Å²) in [7, 11) is 3.79. The second-order valence-corrected chi connectivity index (χ2v) is 8.71. The number of halogens is 1. The lowest BCUT2D eigenvalue weighted by Crippen LogP contribution is -2.33. The molecule has 2 aromatic carbocycles. The molecule has 0 saturated carbocycles. The second kappa shape index (κ2) is 9.07. The zero-order chi connectivity index (χ0) is 22.8. The molecule has 1 saturated heterocycles. The van der Waals surface area contributed by atoms with Crippen molar-refractivity contribution in [2.24, 2.45) is 0 Å². The third kappa shape index (κ3) is 4.49. The average molecular weight is 433 g/mol. The van der Waals surface area contributed by atoms with E-state index in [4.69, 9.17) is 4.98 Å². The van der Waals surface area contributed by atoms with Crippen LogP contribution in [-0.2, 0) is 11.2 Å². The maximum atomic E-state index is 13.5. The first kappa shape index (κ1) is 21.9. The van der Waals surface area contributed by atoms with E-state index < -0.39 is 0 Å². The van der Waals surface area contributed by atoms with Crippen LogP contribution < -0.4 is 4.90 Å². The number of nitrogens with zero attached hydrogens (tertiary/aromatic N) is 4. The molecule has 1 aliphatic heterocycles. The van der Waals surface area contributed by atoms with Crippen molar-refractivity contribution in [3.05, 3.63) is 76.9 Å². The van der Waals surface area contributed by atoms with Crippen molar-refractivity contribution in [1.82, 2.24) is 14.9 Å². The van der Waals surface area contributed by atoms with E-state index in [0.717, 1.165) is 35.2 Å². The van der Waals surface area contributed by atoms with Gasteiger partial charge in [0, 0.05) is 32.4 Å². The molecule has 4 rings (SSSR count). The fraction of sp³-hybridized carbons (Fsp3) is 0.346. The third-order valence-electron chi connectivity index (χ3n) is 6.18. The monoisotopic (exact) mass is 432 g/mol. The number of anilines is 1. The van der Waals surface area contributed by atoms with Gasteiger partial charge >= 0.3 is 0 Å². The standard InChI is InChI=1S/C26H29FN4O/c1-17-7-8-19(14-18(17)2)15-24(32)31-13-5-6-23(31)25-22(16-28-26(29-25)30(3)4)20-9-11-21(27)12-10-20/h7-12,14,16,23H,5-6,13,15H2,1-4H3/t23-/m1/s1. The summed E-state index contributed by atoms with van der Waals surface area (Å²) in [5.74, 6) is 0.414. The molecule has 0 N–H and O–H groups in total. The predicted molar refractivity (Wildman–Crippen MR) is 125 cm³/mol. The molecule has 0 spiro atoms. The van der Waals surface area contributed by atoms with Crippen LogP contribution in [0.5, 0.6) is 0 Å². The minimum atomic E-state index is -0.285. The van der Waals surface area contributed by atoms with Crippen LogP contribution in [0, 0.1) is 19.7 Å². The lowest BCUT2D eigenvalue weighted by Gasteiger charge is -2.27. The van der Waals surface area contributed by atoms with E-state index in [1.165, 1.54) is 23.3 Å². The molecule has 0 aliphatic carbocycles. The summed E-state index contributed by atoms with van der Waals surface area (Å²) in [5.41, 5.74) is 5.95. The first-order chi connectivity index (χ1) is 15.3. The number of carbonyl (C=O) groups is 1. The van der Waals surface area contributed by atoms with Gasteiger partial charge in [0.15, 0.2) is 0 Å². The molecule has 1 atom stereocenters. The number of likely N-dealkylation sites (tertiary alicyclic amines) is 1. The van der Waals surface area contributed by atoms with Gasteiger partial charge < -0.3 is 9.80 Å². The number of aromatic nitrogens is 2. The Morgan fingerprint density at radius 3 is 2.56 bits per heavy atom. The zero-order valence-electron chi connectivity index (χ0n) is 19.1. The highest BCUT2D eigenvalue weighted by molar-refractivity contribution is 5.80. The molecule has 2 heterocycles. The van der Waals surface area contributed by atoms with E-state index in [9.17, 15) is 9.18 Å². The van der Waals surface area contributed by atoms with E-state index in [1.54, 1.807) is 18.3 Å². The van der Waals surface area contributed by atoms with E-state index in [2.05, 4.69) is 31.0 Å². The van der Waals surface area contributed by atoms with Crippen LogP contribution in [0.2, 0.25) is 0 Å². The third-order valence-corrected chi connectivity index (χ3v) is 6.18. The first-order valence-electron chi connectivity index (χ1n) is 11.0. The number of rotatable bonds is 5. The Labute approximate surface area is 188 Å². The van der Waals surface area contributed by atoms with Crippen LogP contribution in [0.4, 0.5) is 10.3 Å². The van der Waals surface area contributed by atoms with E-state index in [1.807, 2.05) is 30.0 Å². The quantitative estimate of drug-likeness (QED) is 0.577. The highest BCUT2D eigenvalue weighted by atomic mass is 19.1. The lowest BCUT2D eigenvalue weighted by atomic mass is 9.99. The molecular weight excluding hydrogens is 403 g/mol. The molecule has 3 aromatic rings. The van der Waals surface area contributed by atoms with Gasteiger partial charge in [-0.25, -0.2) is 14.4 Å². The minimum absolute atomic E-state index is 0.103. The Morgan fingerprint density at radius 2 is 1.88 bits per heavy atom. The van der Waals surface area contributed by atoms with E-state index >= 15 is 0 Å². The summed E-state index contributed by atoms with van der Waals surface area (Å²) in [6.07, 6.45) is 3.93. The van der Waals surface area contributed by atoms with Crippen molar-refractivity contribution < 1.29 is 9.18 Å². The average Bonchev–Trinajstić information content (AvgIpc) is 3.26. The minimum Gasteiger partial charge on any atom is -0.347 e. The van der Waals surface area contributed by atoms with Crippen LogP contribution in [0.25, 0.3) is 11.1 Å². The SMILES string of the molecule is Cc1ccc(CC(=O)N2CCC[C@@H]2c2nc(N(C)C)ncc2-c2ccc(F)cc2)cc1C. The summed E-state index contributed by atoms with van der Waals surface area (Å²) in [4.78, 5) is 26.5. The molecule has 6 heteroatoms. The fourth-order valence-electron chi connectivity index (χ4n) is 4.25. The van der Waals surface area contributed by atoms with E-state index in [-0.39, 0.29) is 17.8 Å². The predicted octanol–water partition coefficient (Wildman–Crippen LogP) is 4.87. The molecule has 1 aliphatic rings. The number of hydrogen-bond acceptors (Lipinski definition) is 4. The fourth-order valence-corrected chi connectivity index (χ4v) is 4.25. The van der Waals surface area contributed by atoms with Gasteiger partial charge in [-0.1, -0.05) is 30.3 Å². The number of hydrogen-bond donors (Lipinski definition) is 0. The smallest absolute Gasteiger partial charge is 0.227 e. The molecular formula is C26H29FN4O. The van der Waals surface area contributed by atoms with Crippen molar-refractivity contribution >= 4 is 11.9 Å². The van der Waals surface area contributed by atoms with Crippen LogP contribution in [0.15, 0.2) is 48.7 Å². The Hall–Kier alpha value is -3.28. The zero-order valence-corrected chi connectivity index (χ0v) is 19.1. The van der Waals surface area contributed by atoms with Gasteiger partial charge in [-0.05, 0) is 61.1 Å². The summed E-state index contributed by atoms with van der Waals surface area (Å²) < 4.78 is 13.5. The molecule has 0 radical (unpaired) electrons. The number of amides is 1. The van der Waals surface area contributed by atoms with Crippen LogP contribution in [0.1, 0.15) is 41.3 Å². The first-order valence-corrected chi connectivity index (χ1v) is 11.0. The Kier molecular flexibility index (Phi) is 6.21. The van der Waals surface area contributed by atoms with Crippen molar-refractivity contribution in [3.8, 4) is 11.1 Å². The summed E-state index contributed by atoms with van der Waals surface area (Å²) in [5, 5.41) is 0. The van der Waals surface area contributed by atoms with Crippen LogP contribution in [0.3, 0.4) is 0 Å². The van der Waals surface area contributed by atoms with Crippen molar-refractivity contribution in [2.75, 3.05) is 25.5 Å². The number of aryl methyl sites for hydroxylation is 2. The Bertz CT molecular complexity index is 1130. The van der Waals surface area contributed by atoms with Crippen LogP contribution in [-0.4, -0.2) is 41.4 Å². The molecule has 0 unspecified atom stereocenters. The number of carbonyl (C=O) groups excluding carboxylic acids is 1. The summed E-state index contributed by atoms with van der Waals surface area (Å²) >= 11 is 0. The van der Waals surface area contributed by atoms with Gasteiger partial charge in [-0.3, -0.25) is 4.79 Å². The maximum Gasteiger partial charge on any atom is 0.227 e. The van der Waals surface area contributed by atoms with Crippen molar-refractivity contribution in [3.63, 3.8) is 0 Å². The maximum absolute atomic E-state index is 13.5. The van der Waals surface area contributed by atoms with Gasteiger partial charge in [0.25, 0.3) is 0 Å². The van der Waals surface area contributed by atoms with Gasteiger partial charge in [-0.2, -0.15) is 0 Å². The summed E-state index contributed by atoms with van der Waals surface area (Å²) in [6, 6.07) is 12.4. The van der Waals surface area contributed by atoms with Gasteiger partial charge in [0.1, 0.15) is 5.82 Å². The van der Waals surface area contributed by atoms with E-state index in [0.29, 0.717) is 18.9 Å². The number of benzene rings is 2. The van der Waals surface area contributed by atoms with Gasteiger partial charge in [-0.15, -0.1) is 0 Å². The van der Waals surface area contributed by atoms with Crippen molar-refractivity contribution in [2.45, 2.75) is 39.2 Å². The Balaban J connectivity index is 1.68. The Morgan fingerprint density at radius 1 is 1.12 bits per heavy atom. The van der Waals surface area contributed by atoms with Gasteiger partial charge in [0.2, 0.25) is 11.9 Å². The molecule has 166 valence electrons. The topological polar surface area (TPSA) is 49.3 Å². The second-order valence-electron chi connectivity index (χ2n) is 8.71. The molecule has 1 fully saturated rings. The molecule has 1 aromatic heterocycles.